The van der Waals surface area contributed by atoms with Crippen molar-refractivity contribution in [2.24, 2.45) is 0 Å². The highest BCUT2D eigenvalue weighted by molar-refractivity contribution is 5.98. The molecule has 10 heteroatoms. The van der Waals surface area contributed by atoms with E-state index in [1.165, 1.54) is 13.1 Å². The van der Waals surface area contributed by atoms with Gasteiger partial charge in [-0.3, -0.25) is 19.1 Å². The molecule has 200 valence electrons. The number of ether oxygens (including phenoxy) is 2. The highest BCUT2D eigenvalue weighted by atomic mass is 16.5. The molecule has 0 aliphatic rings. The first-order chi connectivity index (χ1) is 18.7. The number of carbonyl (C=O) groups is 2. The Morgan fingerprint density at radius 3 is 2.38 bits per heavy atom. The first-order valence-electron chi connectivity index (χ1n) is 12.1. The van der Waals surface area contributed by atoms with Crippen LogP contribution in [0.3, 0.4) is 0 Å². The molecule has 1 heterocycles. The van der Waals surface area contributed by atoms with Crippen molar-refractivity contribution in [2.45, 2.75) is 20.1 Å². The number of benzene rings is 3. The average molecular weight is 529 g/mol. The van der Waals surface area contributed by atoms with Crippen LogP contribution < -0.4 is 26.6 Å². The fraction of sp³-hybridized carbons (Fsp3) is 0.172. The number of hydrogen-bond donors (Lipinski definition) is 2. The highest BCUT2D eigenvalue weighted by Crippen LogP contribution is 2.21. The summed E-state index contributed by atoms with van der Waals surface area (Å²) in [4.78, 5) is 53.8. The number of aryl methyl sites for hydroxylation is 1. The Hall–Kier alpha value is -5.12. The van der Waals surface area contributed by atoms with Gasteiger partial charge in [0.25, 0.3) is 11.5 Å². The Morgan fingerprint density at radius 1 is 0.949 bits per heavy atom. The number of rotatable bonds is 9. The molecule has 10 nitrogen and oxygen atoms in total. The van der Waals surface area contributed by atoms with Crippen molar-refractivity contribution in [2.75, 3.05) is 24.3 Å². The molecule has 0 saturated heterocycles. The Morgan fingerprint density at radius 2 is 1.64 bits per heavy atom. The fourth-order valence-corrected chi connectivity index (χ4v) is 3.98. The molecule has 1 aromatic heterocycles. The molecule has 0 spiro atoms. The number of hydrogen-bond acceptors (Lipinski definition) is 7. The number of H-pyrrole nitrogens is 1. The predicted molar refractivity (Wildman–Crippen MR) is 147 cm³/mol. The SMILES string of the molecule is Cc1cccc(COc2ccccc2C(=O)OCC(=O)N(C)c2c(N)n(Cc3ccccc3)c(=O)[nH]c2=O)c1. The molecule has 4 aromatic rings. The van der Waals surface area contributed by atoms with Gasteiger partial charge in [0, 0.05) is 7.05 Å². The Labute approximate surface area is 224 Å². The molecule has 0 bridgehead atoms. The molecular weight excluding hydrogens is 500 g/mol. The first kappa shape index (κ1) is 26.9. The number of carbonyl (C=O) groups excluding carboxylic acids is 2. The van der Waals surface area contributed by atoms with Crippen LogP contribution in [-0.2, 0) is 22.7 Å². The van der Waals surface area contributed by atoms with E-state index in [4.69, 9.17) is 15.2 Å². The van der Waals surface area contributed by atoms with Crippen molar-refractivity contribution in [1.29, 1.82) is 0 Å². The van der Waals surface area contributed by atoms with Gasteiger partial charge >= 0.3 is 11.7 Å². The number of esters is 1. The maximum absolute atomic E-state index is 12.9. The summed E-state index contributed by atoms with van der Waals surface area (Å²) in [6, 6.07) is 23.4. The molecule has 3 N–H and O–H groups in total. The van der Waals surface area contributed by atoms with Gasteiger partial charge < -0.3 is 20.1 Å². The second kappa shape index (κ2) is 12.0. The molecular formula is C29H28N4O6. The summed E-state index contributed by atoms with van der Waals surface area (Å²) in [5.74, 6) is -1.38. The van der Waals surface area contributed by atoms with Crippen LogP contribution in [0.1, 0.15) is 27.0 Å². The zero-order valence-corrected chi connectivity index (χ0v) is 21.5. The number of nitrogens with two attached hydrogens (primary N) is 1. The van der Waals surface area contributed by atoms with Crippen LogP contribution in [0.5, 0.6) is 5.75 Å². The van der Waals surface area contributed by atoms with Gasteiger partial charge in [-0.05, 0) is 30.2 Å². The Balaban J connectivity index is 1.46. The van der Waals surface area contributed by atoms with Gasteiger partial charge in [-0.2, -0.15) is 0 Å². The maximum atomic E-state index is 12.9. The number of nitrogens with zero attached hydrogens (tertiary/aromatic N) is 2. The van der Waals surface area contributed by atoms with Crippen LogP contribution in [-0.4, -0.2) is 35.1 Å². The molecule has 3 aromatic carbocycles. The number of nitrogen functional groups attached to an aromatic ring is 1. The monoisotopic (exact) mass is 528 g/mol. The van der Waals surface area contributed by atoms with E-state index in [-0.39, 0.29) is 30.2 Å². The minimum atomic E-state index is -0.834. The topological polar surface area (TPSA) is 137 Å². The van der Waals surface area contributed by atoms with Gasteiger partial charge in [0.15, 0.2) is 12.3 Å². The maximum Gasteiger partial charge on any atom is 0.342 e. The Bertz CT molecular complexity index is 1610. The third kappa shape index (κ3) is 6.42. The van der Waals surface area contributed by atoms with E-state index in [1.54, 1.807) is 42.5 Å². The molecule has 39 heavy (non-hydrogen) atoms. The number of amides is 1. The third-order valence-corrected chi connectivity index (χ3v) is 6.02. The second-order valence-corrected chi connectivity index (χ2v) is 8.87. The summed E-state index contributed by atoms with van der Waals surface area (Å²) < 4.78 is 12.2. The van der Waals surface area contributed by atoms with Crippen LogP contribution >= 0.6 is 0 Å². The van der Waals surface area contributed by atoms with Gasteiger partial charge in [-0.15, -0.1) is 0 Å². The minimum Gasteiger partial charge on any atom is -0.488 e. The number of aromatic nitrogens is 2. The van der Waals surface area contributed by atoms with Crippen LogP contribution in [0.4, 0.5) is 11.5 Å². The average Bonchev–Trinajstić information content (AvgIpc) is 2.93. The largest absolute Gasteiger partial charge is 0.488 e. The lowest BCUT2D eigenvalue weighted by atomic mass is 10.1. The normalized spacial score (nSPS) is 10.6. The summed E-state index contributed by atoms with van der Waals surface area (Å²) >= 11 is 0. The van der Waals surface area contributed by atoms with E-state index < -0.39 is 29.7 Å². The van der Waals surface area contributed by atoms with Crippen molar-refractivity contribution in [1.82, 2.24) is 9.55 Å². The Kier molecular flexibility index (Phi) is 8.25. The summed E-state index contributed by atoms with van der Waals surface area (Å²) in [5, 5.41) is 0. The van der Waals surface area contributed by atoms with Gasteiger partial charge in [-0.1, -0.05) is 72.3 Å². The number of anilines is 2. The van der Waals surface area contributed by atoms with Gasteiger partial charge in [0.1, 0.15) is 23.7 Å². The predicted octanol–water partition coefficient (Wildman–Crippen LogP) is 2.87. The van der Waals surface area contributed by atoms with Crippen molar-refractivity contribution in [3.63, 3.8) is 0 Å². The molecule has 0 radical (unpaired) electrons. The second-order valence-electron chi connectivity index (χ2n) is 8.87. The van der Waals surface area contributed by atoms with E-state index in [0.717, 1.165) is 26.2 Å². The number of para-hydroxylation sites is 1. The zero-order valence-electron chi connectivity index (χ0n) is 21.5. The van der Waals surface area contributed by atoms with E-state index in [0.29, 0.717) is 5.75 Å². The fourth-order valence-electron chi connectivity index (χ4n) is 3.98. The number of aromatic amines is 1. The summed E-state index contributed by atoms with van der Waals surface area (Å²) in [7, 11) is 1.31. The smallest absolute Gasteiger partial charge is 0.342 e. The van der Waals surface area contributed by atoms with Crippen LogP contribution in [0.25, 0.3) is 0 Å². The zero-order chi connectivity index (χ0) is 27.9. The number of nitrogens with one attached hydrogen (secondary N) is 1. The van der Waals surface area contributed by atoms with Crippen LogP contribution in [0, 0.1) is 6.92 Å². The van der Waals surface area contributed by atoms with Crippen molar-refractivity contribution < 1.29 is 19.1 Å². The highest BCUT2D eigenvalue weighted by Gasteiger charge is 2.23. The van der Waals surface area contributed by atoms with Crippen LogP contribution in [0.15, 0.2) is 88.5 Å². The third-order valence-electron chi connectivity index (χ3n) is 6.02. The van der Waals surface area contributed by atoms with E-state index in [9.17, 15) is 19.2 Å². The lowest BCUT2D eigenvalue weighted by molar-refractivity contribution is -0.121. The van der Waals surface area contributed by atoms with E-state index in [1.807, 2.05) is 37.3 Å². The van der Waals surface area contributed by atoms with Crippen LogP contribution in [0.2, 0.25) is 0 Å². The molecule has 0 aliphatic heterocycles. The molecule has 4 rings (SSSR count). The number of likely N-dealkylation sites (N-methyl/N-ethyl adjacent to an activating group) is 1. The molecule has 0 atom stereocenters. The molecule has 0 fully saturated rings. The quantitative estimate of drug-likeness (QED) is 0.319. The van der Waals surface area contributed by atoms with Crippen molar-refractivity contribution >= 4 is 23.4 Å². The van der Waals surface area contributed by atoms with Gasteiger partial charge in [0.05, 0.1) is 6.54 Å². The van der Waals surface area contributed by atoms with Crippen molar-refractivity contribution in [3.05, 3.63) is 122 Å². The van der Waals surface area contributed by atoms with E-state index in [2.05, 4.69) is 4.98 Å². The van der Waals surface area contributed by atoms with E-state index >= 15 is 0 Å². The molecule has 0 aliphatic carbocycles. The summed E-state index contributed by atoms with van der Waals surface area (Å²) in [6.45, 7) is 1.64. The minimum absolute atomic E-state index is 0.0889. The van der Waals surface area contributed by atoms with Gasteiger partial charge in [-0.25, -0.2) is 9.59 Å². The summed E-state index contributed by atoms with van der Waals surface area (Å²) in [5.41, 5.74) is 7.32. The lowest BCUT2D eigenvalue weighted by Gasteiger charge is -2.20. The molecule has 0 saturated carbocycles. The molecule has 0 unspecified atom stereocenters. The standard InChI is InChI=1S/C29H28N4O6/c1-19-9-8-12-21(15-19)17-38-23-14-7-6-13-22(23)28(36)39-18-24(34)32(2)25-26(30)33(29(37)31-27(25)35)16-20-10-4-3-5-11-20/h3-15H,16-18,30H2,1-2H3,(H,31,35,37). The lowest BCUT2D eigenvalue weighted by Crippen LogP contribution is -2.40. The van der Waals surface area contributed by atoms with Gasteiger partial charge in [0.2, 0.25) is 0 Å². The first-order valence-corrected chi connectivity index (χ1v) is 12.1. The molecule has 1 amide bonds. The van der Waals surface area contributed by atoms with Crippen molar-refractivity contribution in [3.8, 4) is 5.75 Å². The summed E-state index contributed by atoms with van der Waals surface area (Å²) in [6.07, 6.45) is 0.